The minimum atomic E-state index is -0.241. The number of ether oxygens (including phenoxy) is 2. The van der Waals surface area contributed by atoms with Gasteiger partial charge in [-0.05, 0) is 19.1 Å². The number of nitrogens with zero attached hydrogens (tertiary/aromatic N) is 1. The Kier molecular flexibility index (Phi) is 4.53. The Morgan fingerprint density at radius 1 is 1.15 bits per heavy atom. The Balaban J connectivity index is 1.64. The second kappa shape index (κ2) is 6.97. The summed E-state index contributed by atoms with van der Waals surface area (Å²) >= 11 is 0. The lowest BCUT2D eigenvalue weighted by atomic mass is 10.1. The van der Waals surface area contributed by atoms with Crippen molar-refractivity contribution in [2.24, 2.45) is 0 Å². The van der Waals surface area contributed by atoms with Crippen LogP contribution in [0.1, 0.15) is 6.92 Å². The summed E-state index contributed by atoms with van der Waals surface area (Å²) < 4.78 is 16.8. The zero-order chi connectivity index (χ0) is 18.1. The first-order chi connectivity index (χ1) is 12.7. The Hall–Kier alpha value is -2.57. The summed E-state index contributed by atoms with van der Waals surface area (Å²) in [7, 11) is 1.60. The van der Waals surface area contributed by atoms with Gasteiger partial charge >= 0.3 is 0 Å². The van der Waals surface area contributed by atoms with Crippen LogP contribution < -0.4 is 10.1 Å². The molecule has 1 atom stereocenters. The van der Waals surface area contributed by atoms with Crippen molar-refractivity contribution in [2.75, 3.05) is 38.7 Å². The van der Waals surface area contributed by atoms with Crippen LogP contribution in [0.15, 0.2) is 40.8 Å². The van der Waals surface area contributed by atoms with Crippen molar-refractivity contribution in [2.45, 2.75) is 13.0 Å². The monoisotopic (exact) mass is 354 g/mol. The van der Waals surface area contributed by atoms with Gasteiger partial charge in [-0.2, -0.15) is 0 Å². The Morgan fingerprint density at radius 3 is 2.69 bits per heavy atom. The minimum Gasteiger partial charge on any atom is -0.495 e. The summed E-state index contributed by atoms with van der Waals surface area (Å²) in [6, 6.07) is 11.4. The highest BCUT2D eigenvalue weighted by molar-refractivity contribution is 6.08. The Labute approximate surface area is 151 Å². The predicted octanol–water partition coefficient (Wildman–Crippen LogP) is 3.25. The molecule has 1 aliphatic rings. The maximum absolute atomic E-state index is 12.7. The van der Waals surface area contributed by atoms with Crippen molar-refractivity contribution in [1.29, 1.82) is 0 Å². The average Bonchev–Trinajstić information content (AvgIpc) is 3.04. The molecule has 0 aliphatic carbocycles. The topological polar surface area (TPSA) is 63.9 Å². The van der Waals surface area contributed by atoms with E-state index in [9.17, 15) is 4.79 Å². The lowest BCUT2D eigenvalue weighted by Gasteiger charge is -2.31. The van der Waals surface area contributed by atoms with Crippen LogP contribution in [0.2, 0.25) is 0 Å². The summed E-state index contributed by atoms with van der Waals surface area (Å²) in [4.78, 5) is 14.8. The van der Waals surface area contributed by atoms with Crippen molar-refractivity contribution in [3.05, 3.63) is 36.4 Å². The number of hydrogen-bond acceptors (Lipinski definition) is 5. The molecule has 6 heteroatoms. The molecule has 1 fully saturated rings. The third-order valence-electron chi connectivity index (χ3n) is 4.93. The Bertz CT molecular complexity index is 944. The average molecular weight is 354 g/mol. The first-order valence-electron chi connectivity index (χ1n) is 8.79. The van der Waals surface area contributed by atoms with Crippen LogP contribution in [0.25, 0.3) is 21.9 Å². The largest absolute Gasteiger partial charge is 0.495 e. The molecule has 1 aliphatic heterocycles. The van der Waals surface area contributed by atoms with Gasteiger partial charge in [0, 0.05) is 29.9 Å². The van der Waals surface area contributed by atoms with Crippen molar-refractivity contribution in [1.82, 2.24) is 4.90 Å². The number of fused-ring (bicyclic) bond motifs is 3. The predicted molar refractivity (Wildman–Crippen MR) is 101 cm³/mol. The number of anilines is 1. The number of hydrogen-bond donors (Lipinski definition) is 1. The number of methoxy groups -OCH3 is 1. The van der Waals surface area contributed by atoms with E-state index in [4.69, 9.17) is 13.9 Å². The van der Waals surface area contributed by atoms with Crippen LogP contribution in [0.4, 0.5) is 5.69 Å². The van der Waals surface area contributed by atoms with Gasteiger partial charge in [0.25, 0.3) is 0 Å². The molecule has 136 valence electrons. The Morgan fingerprint density at radius 2 is 1.92 bits per heavy atom. The fraction of sp³-hybridized carbons (Fsp3) is 0.350. The van der Waals surface area contributed by atoms with Gasteiger partial charge < -0.3 is 19.2 Å². The van der Waals surface area contributed by atoms with Crippen molar-refractivity contribution in [3.63, 3.8) is 0 Å². The van der Waals surface area contributed by atoms with Gasteiger partial charge in [0.15, 0.2) is 0 Å². The fourth-order valence-electron chi connectivity index (χ4n) is 3.39. The molecule has 2 heterocycles. The molecule has 1 amide bonds. The van der Waals surface area contributed by atoms with Crippen molar-refractivity contribution < 1.29 is 18.7 Å². The van der Waals surface area contributed by atoms with Gasteiger partial charge in [0.2, 0.25) is 5.91 Å². The van der Waals surface area contributed by atoms with Crippen LogP contribution in [0.3, 0.4) is 0 Å². The van der Waals surface area contributed by atoms with Crippen LogP contribution in [-0.2, 0) is 9.53 Å². The summed E-state index contributed by atoms with van der Waals surface area (Å²) in [6.07, 6.45) is 0. The second-order valence-electron chi connectivity index (χ2n) is 6.46. The van der Waals surface area contributed by atoms with Crippen molar-refractivity contribution in [3.8, 4) is 5.75 Å². The number of nitrogens with one attached hydrogen (secondary N) is 1. The van der Waals surface area contributed by atoms with E-state index in [2.05, 4.69) is 10.2 Å². The number of amides is 1. The zero-order valence-corrected chi connectivity index (χ0v) is 15.0. The van der Waals surface area contributed by atoms with E-state index >= 15 is 0 Å². The van der Waals surface area contributed by atoms with Gasteiger partial charge in [-0.1, -0.05) is 18.2 Å². The lowest BCUT2D eigenvalue weighted by molar-refractivity contribution is -0.122. The first-order valence-corrected chi connectivity index (χ1v) is 8.79. The van der Waals surface area contributed by atoms with E-state index in [0.717, 1.165) is 35.0 Å². The third-order valence-corrected chi connectivity index (χ3v) is 4.93. The smallest absolute Gasteiger partial charge is 0.241 e. The molecule has 2 aromatic carbocycles. The van der Waals surface area contributed by atoms with E-state index in [1.165, 1.54) is 0 Å². The lowest BCUT2D eigenvalue weighted by Crippen LogP contribution is -2.47. The summed E-state index contributed by atoms with van der Waals surface area (Å²) in [6.45, 7) is 4.74. The molecule has 1 N–H and O–H groups in total. The minimum absolute atomic E-state index is 0.0688. The van der Waals surface area contributed by atoms with Gasteiger partial charge in [-0.15, -0.1) is 0 Å². The van der Waals surface area contributed by atoms with Crippen LogP contribution in [-0.4, -0.2) is 50.3 Å². The van der Waals surface area contributed by atoms with E-state index in [-0.39, 0.29) is 11.9 Å². The highest BCUT2D eigenvalue weighted by Crippen LogP contribution is 2.36. The molecule has 1 unspecified atom stereocenters. The van der Waals surface area contributed by atoms with Crippen LogP contribution >= 0.6 is 0 Å². The van der Waals surface area contributed by atoms with E-state index in [0.29, 0.717) is 24.7 Å². The molecule has 3 aromatic rings. The molecular formula is C20H22N2O4. The molecule has 0 saturated carbocycles. The molecule has 0 radical (unpaired) electrons. The maximum atomic E-state index is 12.7. The normalized spacial score (nSPS) is 16.7. The second-order valence-corrected chi connectivity index (χ2v) is 6.46. The van der Waals surface area contributed by atoms with Gasteiger partial charge in [0.05, 0.1) is 32.1 Å². The van der Waals surface area contributed by atoms with Gasteiger partial charge in [0.1, 0.15) is 16.9 Å². The quantitative estimate of drug-likeness (QED) is 0.779. The summed E-state index contributed by atoms with van der Waals surface area (Å²) in [5, 5.41) is 4.99. The standard InChI is InChI=1S/C20H22N2O4/c1-13(22-7-9-25-10-8-22)20(23)21-16-12-18-15(11-19(16)24-2)14-5-3-4-6-17(14)26-18/h3-6,11-13H,7-10H2,1-2H3,(H,21,23). The SMILES string of the molecule is COc1cc2c(cc1NC(=O)C(C)N1CCOCC1)oc1ccccc12. The first kappa shape index (κ1) is 16.9. The molecule has 0 bridgehead atoms. The zero-order valence-electron chi connectivity index (χ0n) is 15.0. The maximum Gasteiger partial charge on any atom is 0.241 e. The highest BCUT2D eigenvalue weighted by atomic mass is 16.5. The molecule has 26 heavy (non-hydrogen) atoms. The number of benzene rings is 2. The van der Waals surface area contributed by atoms with E-state index in [1.54, 1.807) is 7.11 Å². The van der Waals surface area contributed by atoms with Crippen LogP contribution in [0.5, 0.6) is 5.75 Å². The summed E-state index contributed by atoms with van der Waals surface area (Å²) in [5.74, 6) is 0.548. The summed E-state index contributed by atoms with van der Waals surface area (Å²) in [5.41, 5.74) is 2.15. The number of carbonyl (C=O) groups excluding carboxylic acids is 1. The number of furan rings is 1. The number of carbonyl (C=O) groups is 1. The van der Waals surface area contributed by atoms with Crippen LogP contribution in [0, 0.1) is 0 Å². The van der Waals surface area contributed by atoms with E-state index < -0.39 is 0 Å². The molecule has 0 spiro atoms. The van der Waals surface area contributed by atoms with Crippen molar-refractivity contribution >= 4 is 33.5 Å². The van der Waals surface area contributed by atoms with E-state index in [1.807, 2.05) is 43.3 Å². The number of rotatable bonds is 4. The molecule has 1 aromatic heterocycles. The molecule has 6 nitrogen and oxygen atoms in total. The third kappa shape index (κ3) is 3.02. The van der Waals surface area contributed by atoms with Gasteiger partial charge in [-0.3, -0.25) is 9.69 Å². The molecular weight excluding hydrogens is 332 g/mol. The molecule has 1 saturated heterocycles. The van der Waals surface area contributed by atoms with Gasteiger partial charge in [-0.25, -0.2) is 0 Å². The fourth-order valence-corrected chi connectivity index (χ4v) is 3.39. The number of morpholine rings is 1. The number of para-hydroxylation sites is 1. The molecule has 4 rings (SSSR count). The highest BCUT2D eigenvalue weighted by Gasteiger charge is 2.24.